The Morgan fingerprint density at radius 1 is 0.917 bits per heavy atom. The Labute approximate surface area is 140 Å². The average Bonchev–Trinajstić information content (AvgIpc) is 2.56. The Bertz CT molecular complexity index is 961. The van der Waals surface area contributed by atoms with E-state index in [0.717, 1.165) is 12.8 Å². The minimum absolute atomic E-state index is 0.0881. The quantitative estimate of drug-likeness (QED) is 0.787. The van der Waals surface area contributed by atoms with Crippen LogP contribution in [0.25, 0.3) is 0 Å². The molecule has 0 heterocycles. The number of primary sulfonamides is 1. The van der Waals surface area contributed by atoms with Gasteiger partial charge in [0.05, 0.1) is 10.5 Å². The molecule has 0 aromatic heterocycles. The second-order valence-corrected chi connectivity index (χ2v) is 7.33. The minimum Gasteiger partial charge on any atom is -0.289 e. The zero-order chi connectivity index (χ0) is 17.5. The van der Waals surface area contributed by atoms with Crippen LogP contribution in [0, 0.1) is 0 Å². The van der Waals surface area contributed by atoms with Crippen molar-refractivity contribution >= 4 is 21.6 Å². The van der Waals surface area contributed by atoms with Gasteiger partial charge in [-0.2, -0.15) is 0 Å². The van der Waals surface area contributed by atoms with Crippen molar-refractivity contribution in [3.05, 3.63) is 64.2 Å². The molecule has 3 rings (SSSR count). The van der Waals surface area contributed by atoms with Crippen molar-refractivity contribution in [1.29, 1.82) is 0 Å². The predicted octanol–water partition coefficient (Wildman–Crippen LogP) is 2.45. The van der Waals surface area contributed by atoms with Gasteiger partial charge in [-0.3, -0.25) is 9.59 Å². The Morgan fingerprint density at radius 3 is 2.12 bits per heavy atom. The zero-order valence-electron chi connectivity index (χ0n) is 13.2. The van der Waals surface area contributed by atoms with Crippen molar-refractivity contribution < 1.29 is 18.0 Å². The van der Waals surface area contributed by atoms with Gasteiger partial charge in [0, 0.05) is 16.7 Å². The van der Waals surface area contributed by atoms with Crippen LogP contribution >= 0.6 is 0 Å². The summed E-state index contributed by atoms with van der Waals surface area (Å²) in [5, 5.41) is 5.39. The number of sulfonamides is 1. The van der Waals surface area contributed by atoms with Crippen LogP contribution in [0.3, 0.4) is 0 Å². The maximum absolute atomic E-state index is 12.9. The standard InChI is InChI=1S/C18H17NO4S/c1-2-3-6-11-9-10-14-15(18(11)24(19,22)23)17(21)13-8-5-4-7-12(13)16(14)20/h4-5,7-10H,2-3,6H2,1H3,(H2,19,22,23). The molecule has 0 fully saturated rings. The first-order chi connectivity index (χ1) is 11.4. The SMILES string of the molecule is CCCCc1ccc2c(c1S(N)(=O)=O)C(=O)c1ccccc1C2=O. The van der Waals surface area contributed by atoms with E-state index in [4.69, 9.17) is 5.14 Å². The fourth-order valence-corrected chi connectivity index (χ4v) is 4.11. The van der Waals surface area contributed by atoms with E-state index in [1.807, 2.05) is 6.92 Å². The first-order valence-electron chi connectivity index (χ1n) is 7.73. The fraction of sp³-hybridized carbons (Fsp3) is 0.222. The molecule has 2 aromatic rings. The monoisotopic (exact) mass is 343 g/mol. The summed E-state index contributed by atoms with van der Waals surface area (Å²) >= 11 is 0. The smallest absolute Gasteiger partial charge is 0.239 e. The van der Waals surface area contributed by atoms with Gasteiger partial charge >= 0.3 is 0 Å². The summed E-state index contributed by atoms with van der Waals surface area (Å²) in [4.78, 5) is 25.3. The number of aryl methyl sites for hydroxylation is 1. The molecule has 1 aliphatic carbocycles. The van der Waals surface area contributed by atoms with Gasteiger partial charge in [-0.1, -0.05) is 43.7 Å². The number of hydrogen-bond donors (Lipinski definition) is 1. The summed E-state index contributed by atoms with van der Waals surface area (Å²) in [6.07, 6.45) is 2.12. The minimum atomic E-state index is -4.14. The van der Waals surface area contributed by atoms with Gasteiger partial charge in [-0.15, -0.1) is 0 Å². The molecule has 24 heavy (non-hydrogen) atoms. The van der Waals surface area contributed by atoms with Crippen LogP contribution in [0.5, 0.6) is 0 Å². The first kappa shape index (κ1) is 16.5. The Balaban J connectivity index is 2.33. The van der Waals surface area contributed by atoms with Gasteiger partial charge in [0.2, 0.25) is 10.0 Å². The molecule has 6 heteroatoms. The van der Waals surface area contributed by atoms with Crippen molar-refractivity contribution in [2.45, 2.75) is 31.1 Å². The third kappa shape index (κ3) is 2.57. The van der Waals surface area contributed by atoms with Gasteiger partial charge in [0.25, 0.3) is 0 Å². The first-order valence-corrected chi connectivity index (χ1v) is 9.28. The van der Waals surface area contributed by atoms with E-state index >= 15 is 0 Å². The van der Waals surface area contributed by atoms with Gasteiger partial charge < -0.3 is 0 Å². The summed E-state index contributed by atoms with van der Waals surface area (Å²) < 4.78 is 24.3. The second-order valence-electron chi connectivity index (χ2n) is 5.83. The molecule has 0 amide bonds. The van der Waals surface area contributed by atoms with Gasteiger partial charge in [-0.25, -0.2) is 13.6 Å². The molecule has 0 spiro atoms. The van der Waals surface area contributed by atoms with Crippen molar-refractivity contribution in [2.75, 3.05) is 0 Å². The van der Waals surface area contributed by atoms with Gasteiger partial charge in [0.15, 0.2) is 11.6 Å². The van der Waals surface area contributed by atoms with E-state index in [1.54, 1.807) is 24.3 Å². The molecule has 1 aliphatic rings. The number of carbonyl (C=O) groups is 2. The highest BCUT2D eigenvalue weighted by Crippen LogP contribution is 2.33. The van der Waals surface area contributed by atoms with Crippen LogP contribution in [-0.4, -0.2) is 20.0 Å². The predicted molar refractivity (Wildman–Crippen MR) is 89.7 cm³/mol. The van der Waals surface area contributed by atoms with Crippen molar-refractivity contribution in [3.63, 3.8) is 0 Å². The lowest BCUT2D eigenvalue weighted by molar-refractivity contribution is 0.0976. The van der Waals surface area contributed by atoms with Crippen LogP contribution in [0.4, 0.5) is 0 Å². The Kier molecular flexibility index (Phi) is 4.11. The molecule has 0 aliphatic heterocycles. The summed E-state index contributed by atoms with van der Waals surface area (Å²) in [5.41, 5.74) is 1.00. The number of hydrogen-bond acceptors (Lipinski definition) is 4. The number of benzene rings is 2. The third-order valence-electron chi connectivity index (χ3n) is 4.21. The molecule has 0 saturated carbocycles. The van der Waals surface area contributed by atoms with Crippen LogP contribution in [-0.2, 0) is 16.4 Å². The lowest BCUT2D eigenvalue weighted by Crippen LogP contribution is -2.27. The summed E-state index contributed by atoms with van der Waals surface area (Å²) in [6.45, 7) is 1.99. The van der Waals surface area contributed by atoms with E-state index in [2.05, 4.69) is 0 Å². The number of rotatable bonds is 4. The molecule has 5 nitrogen and oxygen atoms in total. The molecule has 0 bridgehead atoms. The van der Waals surface area contributed by atoms with E-state index in [0.29, 0.717) is 12.0 Å². The maximum Gasteiger partial charge on any atom is 0.239 e. The topological polar surface area (TPSA) is 94.3 Å². The average molecular weight is 343 g/mol. The van der Waals surface area contributed by atoms with Crippen LogP contribution in [0.2, 0.25) is 0 Å². The molecule has 2 N–H and O–H groups in total. The van der Waals surface area contributed by atoms with E-state index < -0.39 is 15.8 Å². The van der Waals surface area contributed by atoms with Crippen LogP contribution in [0.15, 0.2) is 41.3 Å². The van der Waals surface area contributed by atoms with Gasteiger partial charge in [-0.05, 0) is 24.5 Å². The van der Waals surface area contributed by atoms with Crippen LogP contribution < -0.4 is 5.14 Å². The molecule has 0 unspecified atom stereocenters. The number of unbranched alkanes of at least 4 members (excludes halogenated alkanes) is 1. The number of ketones is 2. The van der Waals surface area contributed by atoms with Crippen molar-refractivity contribution in [2.24, 2.45) is 5.14 Å². The van der Waals surface area contributed by atoms with Crippen molar-refractivity contribution in [3.8, 4) is 0 Å². The second kappa shape index (κ2) is 5.96. The van der Waals surface area contributed by atoms with Gasteiger partial charge in [0.1, 0.15) is 0 Å². The lowest BCUT2D eigenvalue weighted by atomic mass is 9.83. The Hall–Kier alpha value is -2.31. The summed E-state index contributed by atoms with van der Waals surface area (Å²) in [6, 6.07) is 9.54. The highest BCUT2D eigenvalue weighted by Gasteiger charge is 2.35. The number of carbonyl (C=O) groups excluding carboxylic acids is 2. The van der Waals surface area contributed by atoms with E-state index in [9.17, 15) is 18.0 Å². The van der Waals surface area contributed by atoms with E-state index in [-0.39, 0.29) is 32.9 Å². The van der Waals surface area contributed by atoms with Crippen molar-refractivity contribution in [1.82, 2.24) is 0 Å². The molecular formula is C18H17NO4S. The van der Waals surface area contributed by atoms with E-state index in [1.165, 1.54) is 12.1 Å². The molecule has 0 atom stereocenters. The molecule has 2 aromatic carbocycles. The highest BCUT2D eigenvalue weighted by atomic mass is 32.2. The largest absolute Gasteiger partial charge is 0.289 e. The lowest BCUT2D eigenvalue weighted by Gasteiger charge is -2.21. The van der Waals surface area contributed by atoms with Crippen LogP contribution in [0.1, 0.15) is 57.2 Å². The summed E-state index contributed by atoms with van der Waals surface area (Å²) in [7, 11) is -4.14. The number of fused-ring (bicyclic) bond motifs is 2. The summed E-state index contributed by atoms with van der Waals surface area (Å²) in [5.74, 6) is -0.824. The zero-order valence-corrected chi connectivity index (χ0v) is 14.0. The molecule has 124 valence electrons. The normalized spacial score (nSPS) is 13.6. The molecular weight excluding hydrogens is 326 g/mol. The fourth-order valence-electron chi connectivity index (χ4n) is 3.09. The highest BCUT2D eigenvalue weighted by molar-refractivity contribution is 7.89. The third-order valence-corrected chi connectivity index (χ3v) is 5.25. The molecule has 0 radical (unpaired) electrons. The molecule has 0 saturated heterocycles. The number of nitrogens with two attached hydrogens (primary N) is 1. The Morgan fingerprint density at radius 2 is 1.54 bits per heavy atom. The maximum atomic E-state index is 12.9.